The van der Waals surface area contributed by atoms with Crippen LogP contribution in [-0.2, 0) is 14.3 Å². The van der Waals surface area contributed by atoms with E-state index in [1.807, 2.05) is 12.2 Å². The number of aliphatic hydroxyl groups is 1. The van der Waals surface area contributed by atoms with Gasteiger partial charge >= 0.3 is 0 Å². The van der Waals surface area contributed by atoms with E-state index in [0.29, 0.717) is 18.4 Å². The van der Waals surface area contributed by atoms with E-state index < -0.39 is 6.10 Å². The number of carbonyl (C=O) groups is 2. The smallest absolute Gasteiger partial charge is 0.161 e. The molecule has 1 atom stereocenters. The summed E-state index contributed by atoms with van der Waals surface area (Å²) in [6.45, 7) is 0.184. The van der Waals surface area contributed by atoms with Crippen molar-refractivity contribution in [2.75, 3.05) is 13.7 Å². The first kappa shape index (κ1) is 14.8. The van der Waals surface area contributed by atoms with E-state index in [9.17, 15) is 14.7 Å². The van der Waals surface area contributed by atoms with Gasteiger partial charge < -0.3 is 9.84 Å². The van der Waals surface area contributed by atoms with Crippen LogP contribution in [0.1, 0.15) is 32.1 Å². The first-order chi connectivity index (χ1) is 8.63. The normalized spacial score (nSPS) is 19.6. The molecule has 1 N–H and O–H groups in total. The van der Waals surface area contributed by atoms with Crippen molar-refractivity contribution in [2.24, 2.45) is 0 Å². The molecule has 0 aliphatic heterocycles. The summed E-state index contributed by atoms with van der Waals surface area (Å²) in [5.41, 5.74) is 0.689. The maximum absolute atomic E-state index is 11.3. The summed E-state index contributed by atoms with van der Waals surface area (Å²) in [6.07, 6.45) is 7.84. The Balaban J connectivity index is 2.13. The van der Waals surface area contributed by atoms with Crippen LogP contribution in [0.3, 0.4) is 0 Å². The van der Waals surface area contributed by atoms with Crippen molar-refractivity contribution in [3.63, 3.8) is 0 Å². The van der Waals surface area contributed by atoms with Crippen molar-refractivity contribution in [3.05, 3.63) is 23.8 Å². The highest BCUT2D eigenvalue weighted by Crippen LogP contribution is 2.18. The Hall–Kier alpha value is -1.26. The molecule has 0 radical (unpaired) electrons. The Kier molecular flexibility index (Phi) is 6.54. The van der Waals surface area contributed by atoms with Crippen LogP contribution < -0.4 is 0 Å². The highest BCUT2D eigenvalue weighted by molar-refractivity contribution is 5.98. The Morgan fingerprint density at radius 3 is 2.94 bits per heavy atom. The van der Waals surface area contributed by atoms with Gasteiger partial charge in [-0.1, -0.05) is 12.2 Å². The number of rotatable bonds is 8. The predicted molar refractivity (Wildman–Crippen MR) is 68.2 cm³/mol. The molecule has 0 heterocycles. The highest BCUT2D eigenvalue weighted by Gasteiger charge is 2.20. The zero-order valence-corrected chi connectivity index (χ0v) is 10.7. The van der Waals surface area contributed by atoms with E-state index in [1.165, 1.54) is 7.11 Å². The molecule has 1 aliphatic carbocycles. The lowest BCUT2D eigenvalue weighted by Crippen LogP contribution is -2.05. The zero-order chi connectivity index (χ0) is 13.4. The zero-order valence-electron chi connectivity index (χ0n) is 10.7. The van der Waals surface area contributed by atoms with E-state index in [4.69, 9.17) is 4.74 Å². The number of ketones is 2. The maximum atomic E-state index is 11.3. The maximum Gasteiger partial charge on any atom is 0.161 e. The van der Waals surface area contributed by atoms with Crippen molar-refractivity contribution in [3.8, 4) is 0 Å². The largest absolute Gasteiger partial charge is 0.389 e. The van der Waals surface area contributed by atoms with Gasteiger partial charge in [0.05, 0.1) is 6.10 Å². The molecule has 0 fully saturated rings. The first-order valence-corrected chi connectivity index (χ1v) is 6.21. The number of hydrogen-bond acceptors (Lipinski definition) is 4. The van der Waals surface area contributed by atoms with Gasteiger partial charge in [0.1, 0.15) is 6.61 Å². The number of Topliss-reactive ketones (excluding diaryl/α,β-unsaturated/α-hetero) is 2. The third-order valence-electron chi connectivity index (χ3n) is 2.78. The van der Waals surface area contributed by atoms with E-state index in [0.717, 1.165) is 12.8 Å². The summed E-state index contributed by atoms with van der Waals surface area (Å²) < 4.78 is 4.73. The monoisotopic (exact) mass is 252 g/mol. The lowest BCUT2D eigenvalue weighted by atomic mass is 10.1. The summed E-state index contributed by atoms with van der Waals surface area (Å²) in [5, 5.41) is 9.25. The Bertz CT molecular complexity index is 355. The van der Waals surface area contributed by atoms with Crippen molar-refractivity contribution >= 4 is 11.6 Å². The van der Waals surface area contributed by atoms with Gasteiger partial charge in [-0.2, -0.15) is 0 Å². The number of aliphatic hydroxyl groups excluding tert-OH is 1. The van der Waals surface area contributed by atoms with Gasteiger partial charge in [0.2, 0.25) is 0 Å². The number of unbranched alkanes of at least 4 members (excludes halogenated alkanes) is 1. The number of methoxy groups -OCH3 is 1. The summed E-state index contributed by atoms with van der Waals surface area (Å²) in [6, 6.07) is 0. The van der Waals surface area contributed by atoms with Crippen LogP contribution in [0.25, 0.3) is 0 Å². The topological polar surface area (TPSA) is 63.6 Å². The molecule has 0 aromatic carbocycles. The lowest BCUT2D eigenvalue weighted by Gasteiger charge is -1.97. The summed E-state index contributed by atoms with van der Waals surface area (Å²) in [7, 11) is 1.51. The van der Waals surface area contributed by atoms with Gasteiger partial charge in [-0.3, -0.25) is 9.59 Å². The number of hydrogen-bond donors (Lipinski definition) is 1. The average molecular weight is 252 g/mol. The lowest BCUT2D eigenvalue weighted by molar-refractivity contribution is -0.122. The second kappa shape index (κ2) is 7.95. The molecule has 0 spiro atoms. The van der Waals surface area contributed by atoms with Crippen molar-refractivity contribution in [1.82, 2.24) is 0 Å². The molecule has 0 saturated heterocycles. The van der Waals surface area contributed by atoms with Gasteiger partial charge in [0, 0.05) is 20.0 Å². The Labute approximate surface area is 107 Å². The molecule has 4 heteroatoms. The van der Waals surface area contributed by atoms with Gasteiger partial charge in [-0.25, -0.2) is 0 Å². The fourth-order valence-electron chi connectivity index (χ4n) is 1.87. The van der Waals surface area contributed by atoms with E-state index >= 15 is 0 Å². The van der Waals surface area contributed by atoms with Gasteiger partial charge in [-0.15, -0.1) is 0 Å². The molecule has 4 nitrogen and oxygen atoms in total. The van der Waals surface area contributed by atoms with E-state index in [1.54, 1.807) is 6.08 Å². The molecule has 0 amide bonds. The fourth-order valence-corrected chi connectivity index (χ4v) is 1.87. The van der Waals surface area contributed by atoms with Gasteiger partial charge in [0.25, 0.3) is 0 Å². The van der Waals surface area contributed by atoms with Crippen LogP contribution in [0.2, 0.25) is 0 Å². The second-order valence-corrected chi connectivity index (χ2v) is 4.43. The fraction of sp³-hybridized carbons (Fsp3) is 0.571. The summed E-state index contributed by atoms with van der Waals surface area (Å²) in [5.74, 6) is 0.144. The third kappa shape index (κ3) is 5.38. The Morgan fingerprint density at radius 1 is 1.56 bits per heavy atom. The number of carbonyl (C=O) groups excluding carboxylic acids is 2. The molecule has 18 heavy (non-hydrogen) atoms. The average Bonchev–Trinajstić information content (AvgIpc) is 2.62. The number of allylic oxidation sites excluding steroid dienone is 3. The SMILES string of the molecule is COCC(=O)CCCC=CCC1=CC(O)CC1=O. The molecule has 0 aromatic rings. The minimum Gasteiger partial charge on any atom is -0.389 e. The van der Waals surface area contributed by atoms with Crippen LogP contribution in [0.5, 0.6) is 0 Å². The second-order valence-electron chi connectivity index (χ2n) is 4.43. The van der Waals surface area contributed by atoms with E-state index in [2.05, 4.69) is 0 Å². The molecule has 100 valence electrons. The summed E-state index contributed by atoms with van der Waals surface area (Å²) >= 11 is 0. The van der Waals surface area contributed by atoms with Gasteiger partial charge in [0.15, 0.2) is 11.6 Å². The van der Waals surface area contributed by atoms with Crippen molar-refractivity contribution in [2.45, 2.75) is 38.2 Å². The third-order valence-corrected chi connectivity index (χ3v) is 2.78. The molecule has 1 rings (SSSR count). The minimum atomic E-state index is -0.604. The van der Waals surface area contributed by atoms with Crippen molar-refractivity contribution in [1.29, 1.82) is 0 Å². The van der Waals surface area contributed by atoms with Crippen LogP contribution in [0, 0.1) is 0 Å². The van der Waals surface area contributed by atoms with Crippen LogP contribution in [0.4, 0.5) is 0 Å². The molecular formula is C14H20O4. The van der Waals surface area contributed by atoms with Crippen molar-refractivity contribution < 1.29 is 19.4 Å². The molecule has 0 aromatic heterocycles. The van der Waals surface area contributed by atoms with Crippen LogP contribution >= 0.6 is 0 Å². The van der Waals surface area contributed by atoms with Gasteiger partial charge in [-0.05, 0) is 30.9 Å². The number of ether oxygens (including phenoxy) is 1. The standard InChI is InChI=1S/C14H20O4/c1-18-10-12(15)7-5-3-2-4-6-11-8-13(16)9-14(11)17/h2,4,8,13,16H,3,5-7,9-10H2,1H3. The Morgan fingerprint density at radius 2 is 2.33 bits per heavy atom. The van der Waals surface area contributed by atoms with Crippen LogP contribution in [-0.4, -0.2) is 36.5 Å². The first-order valence-electron chi connectivity index (χ1n) is 6.21. The predicted octanol–water partition coefficient (Wildman–Crippen LogP) is 1.58. The molecular weight excluding hydrogens is 232 g/mol. The van der Waals surface area contributed by atoms with Crippen LogP contribution in [0.15, 0.2) is 23.8 Å². The minimum absolute atomic E-state index is 0.0300. The highest BCUT2D eigenvalue weighted by atomic mass is 16.5. The molecule has 1 unspecified atom stereocenters. The quantitative estimate of drug-likeness (QED) is 0.526. The summed E-state index contributed by atoms with van der Waals surface area (Å²) in [4.78, 5) is 22.5. The van der Waals surface area contributed by atoms with E-state index in [-0.39, 0.29) is 24.6 Å². The molecule has 0 bridgehead atoms. The molecule has 0 saturated carbocycles. The molecule has 1 aliphatic rings.